The average molecular weight is 300 g/mol. The van der Waals surface area contributed by atoms with E-state index in [0.717, 1.165) is 11.1 Å². The van der Waals surface area contributed by atoms with Crippen LogP contribution in [-0.4, -0.2) is 24.4 Å². The molecule has 0 saturated heterocycles. The van der Waals surface area contributed by atoms with Crippen LogP contribution in [0.3, 0.4) is 0 Å². The molecular formula is C14H22ClN3O2. The zero-order chi connectivity index (χ0) is 14.4. The lowest BCUT2D eigenvalue weighted by atomic mass is 10.1. The number of nitrogens with two attached hydrogens (primary N) is 1. The van der Waals surface area contributed by atoms with Crippen LogP contribution < -0.4 is 16.4 Å². The average Bonchev–Trinajstić information content (AvgIpc) is 2.38. The topological polar surface area (TPSA) is 84.2 Å². The van der Waals surface area contributed by atoms with E-state index in [9.17, 15) is 9.59 Å². The lowest BCUT2D eigenvalue weighted by Crippen LogP contribution is -2.47. The summed E-state index contributed by atoms with van der Waals surface area (Å²) < 4.78 is 0. The van der Waals surface area contributed by atoms with Gasteiger partial charge in [0.2, 0.25) is 11.8 Å². The van der Waals surface area contributed by atoms with Crippen LogP contribution in [0.4, 0.5) is 0 Å². The van der Waals surface area contributed by atoms with Crippen molar-refractivity contribution >= 4 is 24.2 Å². The molecule has 0 aliphatic carbocycles. The Morgan fingerprint density at radius 1 is 1.20 bits per heavy atom. The molecule has 4 N–H and O–H groups in total. The third kappa shape index (κ3) is 5.19. The van der Waals surface area contributed by atoms with E-state index in [0.29, 0.717) is 6.54 Å². The van der Waals surface area contributed by atoms with Gasteiger partial charge in [-0.25, -0.2) is 0 Å². The fraction of sp³-hybridized carbons (Fsp3) is 0.429. The number of hydrogen-bond acceptors (Lipinski definition) is 3. The van der Waals surface area contributed by atoms with E-state index < -0.39 is 12.1 Å². The summed E-state index contributed by atoms with van der Waals surface area (Å²) in [5.41, 5.74) is 7.70. The molecule has 0 radical (unpaired) electrons. The summed E-state index contributed by atoms with van der Waals surface area (Å²) in [6.45, 7) is 5.95. The Bertz CT molecular complexity index is 448. The predicted octanol–water partition coefficient (Wildman–Crippen LogP) is 1.06. The molecule has 20 heavy (non-hydrogen) atoms. The van der Waals surface area contributed by atoms with Crippen molar-refractivity contribution in [1.29, 1.82) is 0 Å². The molecule has 2 atom stereocenters. The number of halogens is 1. The van der Waals surface area contributed by atoms with Crippen LogP contribution >= 0.6 is 12.4 Å². The molecule has 0 saturated carbocycles. The largest absolute Gasteiger partial charge is 0.355 e. The van der Waals surface area contributed by atoms with Crippen molar-refractivity contribution < 1.29 is 9.59 Å². The van der Waals surface area contributed by atoms with Gasteiger partial charge in [-0.05, 0) is 26.3 Å². The van der Waals surface area contributed by atoms with Gasteiger partial charge in [-0.15, -0.1) is 12.4 Å². The lowest BCUT2D eigenvalue weighted by molar-refractivity contribution is -0.129. The Morgan fingerprint density at radius 3 is 2.25 bits per heavy atom. The Morgan fingerprint density at radius 2 is 1.75 bits per heavy atom. The molecular weight excluding hydrogens is 278 g/mol. The number of amides is 2. The zero-order valence-electron chi connectivity index (χ0n) is 12.0. The van der Waals surface area contributed by atoms with Gasteiger partial charge in [0.1, 0.15) is 12.1 Å². The first kappa shape index (κ1) is 18.4. The van der Waals surface area contributed by atoms with Crippen LogP contribution in [-0.2, 0) is 9.59 Å². The molecule has 1 aromatic rings. The zero-order valence-corrected chi connectivity index (χ0v) is 12.8. The molecule has 0 fully saturated rings. The van der Waals surface area contributed by atoms with Crippen molar-refractivity contribution in [1.82, 2.24) is 10.6 Å². The Labute approximate surface area is 125 Å². The summed E-state index contributed by atoms with van der Waals surface area (Å²) in [7, 11) is 0. The summed E-state index contributed by atoms with van der Waals surface area (Å²) in [6.07, 6.45) is 0. The minimum Gasteiger partial charge on any atom is -0.355 e. The van der Waals surface area contributed by atoms with Crippen LogP contribution in [0.25, 0.3) is 0 Å². The van der Waals surface area contributed by atoms with E-state index in [1.165, 1.54) is 0 Å². The van der Waals surface area contributed by atoms with Gasteiger partial charge in [-0.2, -0.15) is 0 Å². The van der Waals surface area contributed by atoms with Crippen LogP contribution in [0.5, 0.6) is 0 Å². The number of benzene rings is 1. The van der Waals surface area contributed by atoms with E-state index in [4.69, 9.17) is 5.73 Å². The fourth-order valence-corrected chi connectivity index (χ4v) is 1.62. The first-order valence-electron chi connectivity index (χ1n) is 6.36. The van der Waals surface area contributed by atoms with Crippen molar-refractivity contribution in [2.75, 3.05) is 6.54 Å². The second-order valence-corrected chi connectivity index (χ2v) is 4.51. The molecule has 6 heteroatoms. The van der Waals surface area contributed by atoms with Gasteiger partial charge in [0.15, 0.2) is 0 Å². The van der Waals surface area contributed by atoms with E-state index in [1.807, 2.05) is 38.1 Å². The first-order valence-corrected chi connectivity index (χ1v) is 6.36. The van der Waals surface area contributed by atoms with Crippen molar-refractivity contribution in [3.63, 3.8) is 0 Å². The van der Waals surface area contributed by atoms with Gasteiger partial charge in [0.05, 0.1) is 0 Å². The molecule has 0 spiro atoms. The van der Waals surface area contributed by atoms with E-state index in [-0.39, 0.29) is 24.2 Å². The Kier molecular flexibility index (Phi) is 7.87. The van der Waals surface area contributed by atoms with E-state index >= 15 is 0 Å². The predicted molar refractivity (Wildman–Crippen MR) is 81.6 cm³/mol. The molecule has 0 aliphatic rings. The van der Waals surface area contributed by atoms with E-state index in [2.05, 4.69) is 10.6 Å². The molecule has 0 aromatic heterocycles. The summed E-state index contributed by atoms with van der Waals surface area (Å²) in [4.78, 5) is 23.4. The SMILES string of the molecule is CCNC(=O)C(C)NC(=O)C(N)c1ccc(C)cc1.Cl. The summed E-state index contributed by atoms with van der Waals surface area (Å²) >= 11 is 0. The van der Waals surface area contributed by atoms with Crippen LogP contribution in [0.1, 0.15) is 31.0 Å². The third-order valence-electron chi connectivity index (χ3n) is 2.82. The maximum Gasteiger partial charge on any atom is 0.242 e. The highest BCUT2D eigenvalue weighted by Crippen LogP contribution is 2.11. The van der Waals surface area contributed by atoms with Crippen molar-refractivity contribution in [2.24, 2.45) is 5.73 Å². The molecule has 2 unspecified atom stereocenters. The maximum atomic E-state index is 11.9. The fourth-order valence-electron chi connectivity index (χ4n) is 1.62. The second kappa shape index (κ2) is 8.55. The van der Waals surface area contributed by atoms with Crippen LogP contribution in [0, 0.1) is 6.92 Å². The maximum absolute atomic E-state index is 11.9. The van der Waals surface area contributed by atoms with Gasteiger partial charge >= 0.3 is 0 Å². The lowest BCUT2D eigenvalue weighted by Gasteiger charge is -2.17. The number of hydrogen-bond donors (Lipinski definition) is 3. The molecule has 1 aromatic carbocycles. The van der Waals surface area contributed by atoms with Crippen LogP contribution in [0.2, 0.25) is 0 Å². The molecule has 2 amide bonds. The smallest absolute Gasteiger partial charge is 0.242 e. The molecule has 0 aliphatic heterocycles. The van der Waals surface area contributed by atoms with Crippen molar-refractivity contribution in [2.45, 2.75) is 32.9 Å². The Hall–Kier alpha value is -1.59. The van der Waals surface area contributed by atoms with Gasteiger partial charge in [-0.1, -0.05) is 29.8 Å². The number of rotatable bonds is 5. The summed E-state index contributed by atoms with van der Waals surface area (Å²) in [6, 6.07) is 6.07. The minimum atomic E-state index is -0.766. The number of carbonyl (C=O) groups is 2. The van der Waals surface area contributed by atoms with Crippen molar-refractivity contribution in [3.8, 4) is 0 Å². The molecule has 1 rings (SSSR count). The van der Waals surface area contributed by atoms with Gasteiger partial charge in [0, 0.05) is 6.54 Å². The van der Waals surface area contributed by atoms with Crippen LogP contribution in [0.15, 0.2) is 24.3 Å². The number of nitrogens with one attached hydrogen (secondary N) is 2. The highest BCUT2D eigenvalue weighted by molar-refractivity contribution is 5.89. The van der Waals surface area contributed by atoms with Gasteiger partial charge in [-0.3, -0.25) is 9.59 Å². The summed E-state index contributed by atoms with van der Waals surface area (Å²) in [5, 5.41) is 5.24. The highest BCUT2D eigenvalue weighted by Gasteiger charge is 2.20. The minimum absolute atomic E-state index is 0. The normalized spacial score (nSPS) is 12.8. The van der Waals surface area contributed by atoms with Gasteiger partial charge < -0.3 is 16.4 Å². The molecule has 5 nitrogen and oxygen atoms in total. The van der Waals surface area contributed by atoms with E-state index in [1.54, 1.807) is 6.92 Å². The van der Waals surface area contributed by atoms with Crippen molar-refractivity contribution in [3.05, 3.63) is 35.4 Å². The third-order valence-corrected chi connectivity index (χ3v) is 2.82. The highest BCUT2D eigenvalue weighted by atomic mass is 35.5. The van der Waals surface area contributed by atoms with Gasteiger partial charge in [0.25, 0.3) is 0 Å². The monoisotopic (exact) mass is 299 g/mol. The second-order valence-electron chi connectivity index (χ2n) is 4.51. The Balaban J connectivity index is 0.00000361. The summed E-state index contributed by atoms with van der Waals surface area (Å²) in [5.74, 6) is -0.574. The number of aryl methyl sites for hydroxylation is 1. The number of carbonyl (C=O) groups excluding carboxylic acids is 2. The molecule has 0 bridgehead atoms. The number of likely N-dealkylation sites (N-methyl/N-ethyl adjacent to an activating group) is 1. The molecule has 112 valence electrons. The standard InChI is InChI=1S/C14H21N3O2.ClH/c1-4-16-13(18)10(3)17-14(19)12(15)11-7-5-9(2)6-8-11;/h5-8,10,12H,4,15H2,1-3H3,(H,16,18)(H,17,19);1H. The quantitative estimate of drug-likeness (QED) is 0.760. The first-order chi connectivity index (χ1) is 8.95. The molecule has 0 heterocycles.